The summed E-state index contributed by atoms with van der Waals surface area (Å²) in [6.07, 6.45) is 3.65. The maximum absolute atomic E-state index is 12.4. The minimum absolute atomic E-state index is 0.188. The van der Waals surface area contributed by atoms with Crippen LogP contribution in [0.5, 0.6) is 0 Å². The summed E-state index contributed by atoms with van der Waals surface area (Å²) in [6.45, 7) is 1.93. The Kier molecular flexibility index (Phi) is 7.52. The predicted octanol–water partition coefficient (Wildman–Crippen LogP) is 3.49. The van der Waals surface area contributed by atoms with E-state index in [1.165, 1.54) is 15.4 Å². The normalized spacial score (nSPS) is 13.6. The molecule has 30 heavy (non-hydrogen) atoms. The molecule has 3 rings (SSSR count). The fraction of sp³-hybridized carbons (Fsp3) is 0.348. The molecule has 1 heterocycles. The van der Waals surface area contributed by atoms with Crippen LogP contribution >= 0.6 is 11.8 Å². The number of unbranched alkanes of at least 4 members (excludes halogenated alkanes) is 1. The Morgan fingerprint density at radius 2 is 1.67 bits per heavy atom. The molecule has 0 spiro atoms. The summed E-state index contributed by atoms with van der Waals surface area (Å²) in [6, 6.07) is 15.5. The Morgan fingerprint density at radius 3 is 2.23 bits per heavy atom. The summed E-state index contributed by atoms with van der Waals surface area (Å²) in [5.41, 5.74) is 2.24. The van der Waals surface area contributed by atoms with Crippen LogP contribution in [-0.2, 0) is 6.54 Å². The average Bonchev–Trinajstić information content (AvgIpc) is 3.01. The van der Waals surface area contributed by atoms with E-state index in [4.69, 9.17) is 0 Å². The molecule has 0 fully saturated rings. The number of nitrogens with one attached hydrogen (secondary N) is 1. The van der Waals surface area contributed by atoms with E-state index in [0.717, 1.165) is 31.9 Å². The van der Waals surface area contributed by atoms with Crippen LogP contribution in [0.4, 0.5) is 0 Å². The molecule has 2 aromatic carbocycles. The number of amides is 2. The van der Waals surface area contributed by atoms with Gasteiger partial charge in [-0.25, -0.2) is 0 Å². The van der Waals surface area contributed by atoms with Gasteiger partial charge >= 0.3 is 0 Å². The lowest BCUT2D eigenvalue weighted by Gasteiger charge is -2.22. The monoisotopic (exact) mass is 424 g/mol. The Hall–Kier alpha value is -2.80. The van der Waals surface area contributed by atoms with Crippen LogP contribution in [0.2, 0.25) is 0 Å². The van der Waals surface area contributed by atoms with E-state index >= 15 is 0 Å². The fourth-order valence-corrected chi connectivity index (χ4v) is 3.91. The van der Waals surface area contributed by atoms with Gasteiger partial charge in [0.05, 0.1) is 11.1 Å². The smallest absolute Gasteiger partial charge is 0.261 e. The van der Waals surface area contributed by atoms with Crippen LogP contribution < -0.4 is 5.32 Å². The molecular formula is C23H28N4O2S. The van der Waals surface area contributed by atoms with Gasteiger partial charge in [-0.1, -0.05) is 24.3 Å². The van der Waals surface area contributed by atoms with Crippen molar-refractivity contribution < 1.29 is 9.59 Å². The summed E-state index contributed by atoms with van der Waals surface area (Å²) in [5, 5.41) is 3.36. The number of imide groups is 1. The van der Waals surface area contributed by atoms with Gasteiger partial charge < -0.3 is 10.2 Å². The number of nitrogens with zero attached hydrogens (tertiary/aromatic N) is 3. The lowest BCUT2D eigenvalue weighted by molar-refractivity contribution is 0.0652. The van der Waals surface area contributed by atoms with Crippen LogP contribution in [0, 0.1) is 0 Å². The Morgan fingerprint density at radius 1 is 1.03 bits per heavy atom. The number of hydrogen-bond donors (Lipinski definition) is 1. The van der Waals surface area contributed by atoms with E-state index in [1.807, 2.05) is 7.05 Å². The van der Waals surface area contributed by atoms with E-state index in [-0.39, 0.29) is 11.8 Å². The van der Waals surface area contributed by atoms with Crippen LogP contribution in [0.15, 0.2) is 58.4 Å². The third kappa shape index (κ3) is 5.02. The molecule has 0 aliphatic carbocycles. The summed E-state index contributed by atoms with van der Waals surface area (Å²) in [5.74, 6) is 0.447. The molecule has 1 aliphatic heterocycles. The zero-order chi connectivity index (χ0) is 21.5. The highest BCUT2D eigenvalue weighted by Crippen LogP contribution is 2.22. The first-order chi connectivity index (χ1) is 14.5. The van der Waals surface area contributed by atoms with Gasteiger partial charge in [-0.05, 0) is 48.9 Å². The molecule has 0 saturated carbocycles. The molecule has 158 valence electrons. The highest BCUT2D eigenvalue weighted by atomic mass is 32.2. The van der Waals surface area contributed by atoms with Crippen LogP contribution in [0.25, 0.3) is 0 Å². The van der Waals surface area contributed by atoms with Crippen molar-refractivity contribution in [3.05, 3.63) is 65.2 Å². The second-order valence-corrected chi connectivity index (χ2v) is 8.07. The minimum atomic E-state index is -0.188. The first-order valence-corrected chi connectivity index (χ1v) is 11.3. The molecule has 0 saturated heterocycles. The van der Waals surface area contributed by atoms with E-state index < -0.39 is 0 Å². The van der Waals surface area contributed by atoms with Gasteiger partial charge in [-0.3, -0.25) is 19.5 Å². The van der Waals surface area contributed by atoms with Crippen LogP contribution in [0.3, 0.4) is 0 Å². The number of benzene rings is 2. The van der Waals surface area contributed by atoms with E-state index in [1.54, 1.807) is 43.1 Å². The quantitative estimate of drug-likeness (QED) is 0.231. The highest BCUT2D eigenvalue weighted by Gasteiger charge is 2.34. The average molecular weight is 425 g/mol. The number of hydrogen-bond acceptors (Lipinski definition) is 4. The van der Waals surface area contributed by atoms with Gasteiger partial charge in [0.25, 0.3) is 11.8 Å². The molecule has 0 bridgehead atoms. The molecular weight excluding hydrogens is 396 g/mol. The molecule has 2 aromatic rings. The summed E-state index contributed by atoms with van der Waals surface area (Å²) in [7, 11) is 3.78. The van der Waals surface area contributed by atoms with Crippen molar-refractivity contribution in [1.82, 2.24) is 15.1 Å². The van der Waals surface area contributed by atoms with Crippen molar-refractivity contribution in [2.24, 2.45) is 4.99 Å². The van der Waals surface area contributed by atoms with Gasteiger partial charge in [0.2, 0.25) is 0 Å². The van der Waals surface area contributed by atoms with Crippen molar-refractivity contribution >= 4 is 29.5 Å². The Labute approximate surface area is 182 Å². The molecule has 0 radical (unpaired) electrons. The Balaban J connectivity index is 1.42. The van der Waals surface area contributed by atoms with Gasteiger partial charge in [-0.15, -0.1) is 11.8 Å². The maximum Gasteiger partial charge on any atom is 0.261 e. The SMILES string of the molecule is CN=C(NCCCCN1C(=O)c2ccccc2C1=O)N(C)Cc1ccc(SC)cc1. The van der Waals surface area contributed by atoms with Crippen molar-refractivity contribution in [1.29, 1.82) is 0 Å². The first kappa shape index (κ1) is 21.9. The van der Waals surface area contributed by atoms with Crippen molar-refractivity contribution in [2.45, 2.75) is 24.3 Å². The summed E-state index contributed by atoms with van der Waals surface area (Å²) < 4.78 is 0. The van der Waals surface area contributed by atoms with Gasteiger partial charge in [0.15, 0.2) is 5.96 Å². The number of carbonyl (C=O) groups is 2. The third-order valence-corrected chi connectivity index (χ3v) is 5.87. The van der Waals surface area contributed by atoms with Gasteiger partial charge in [0.1, 0.15) is 0 Å². The zero-order valence-electron chi connectivity index (χ0n) is 17.7. The topological polar surface area (TPSA) is 65.0 Å². The molecule has 2 amide bonds. The molecule has 0 unspecified atom stereocenters. The van der Waals surface area contributed by atoms with Crippen molar-refractivity contribution in [3.8, 4) is 0 Å². The number of fused-ring (bicyclic) bond motifs is 1. The van der Waals surface area contributed by atoms with E-state index in [0.29, 0.717) is 17.7 Å². The number of carbonyl (C=O) groups excluding carboxylic acids is 2. The molecule has 1 aliphatic rings. The first-order valence-electron chi connectivity index (χ1n) is 10.0. The Bertz CT molecular complexity index is 892. The van der Waals surface area contributed by atoms with Gasteiger partial charge in [0, 0.05) is 38.6 Å². The zero-order valence-corrected chi connectivity index (χ0v) is 18.5. The molecule has 7 heteroatoms. The summed E-state index contributed by atoms with van der Waals surface area (Å²) >= 11 is 1.73. The lowest BCUT2D eigenvalue weighted by Crippen LogP contribution is -2.39. The second-order valence-electron chi connectivity index (χ2n) is 7.19. The van der Waals surface area contributed by atoms with Crippen molar-refractivity contribution in [2.75, 3.05) is 33.4 Å². The van der Waals surface area contributed by atoms with Crippen molar-refractivity contribution in [3.63, 3.8) is 0 Å². The minimum Gasteiger partial charge on any atom is -0.356 e. The lowest BCUT2D eigenvalue weighted by atomic mass is 10.1. The number of aliphatic imine (C=N–C) groups is 1. The maximum atomic E-state index is 12.4. The van der Waals surface area contributed by atoms with E-state index in [2.05, 4.69) is 45.7 Å². The van der Waals surface area contributed by atoms with Crippen LogP contribution in [0.1, 0.15) is 39.1 Å². The highest BCUT2D eigenvalue weighted by molar-refractivity contribution is 7.98. The molecule has 0 atom stereocenters. The standard InChI is InChI=1S/C23H28N4O2S/c1-24-23(26(2)16-17-10-12-18(30-3)13-11-17)25-14-6-7-15-27-21(28)19-8-4-5-9-20(19)22(27)29/h4-5,8-13H,6-7,14-16H2,1-3H3,(H,24,25). The number of guanidine groups is 1. The fourth-order valence-electron chi connectivity index (χ4n) is 3.50. The van der Waals surface area contributed by atoms with Gasteiger partial charge in [-0.2, -0.15) is 0 Å². The van der Waals surface area contributed by atoms with Crippen LogP contribution in [-0.4, -0.2) is 61.0 Å². The molecule has 0 aromatic heterocycles. The molecule has 1 N–H and O–H groups in total. The predicted molar refractivity (Wildman–Crippen MR) is 122 cm³/mol. The third-order valence-electron chi connectivity index (χ3n) is 5.12. The second kappa shape index (κ2) is 10.3. The largest absolute Gasteiger partial charge is 0.356 e. The van der Waals surface area contributed by atoms with E-state index in [9.17, 15) is 9.59 Å². The molecule has 6 nitrogen and oxygen atoms in total. The number of thioether (sulfide) groups is 1. The number of rotatable bonds is 8. The summed E-state index contributed by atoms with van der Waals surface area (Å²) in [4.78, 5) is 33.8.